The van der Waals surface area contributed by atoms with Crippen LogP contribution < -0.4 is 0 Å². The number of hydrogen-bond donors (Lipinski definition) is 0. The van der Waals surface area contributed by atoms with Crippen LogP contribution in [-0.4, -0.2) is 10.7 Å². The molecule has 1 atom stereocenters. The average Bonchev–Trinajstić information content (AvgIpc) is 3.39. The van der Waals surface area contributed by atoms with Gasteiger partial charge in [-0.3, -0.25) is 9.69 Å². The molecule has 0 fully saturated rings. The Bertz CT molecular complexity index is 1100. The van der Waals surface area contributed by atoms with E-state index in [1.165, 1.54) is 11.1 Å². The summed E-state index contributed by atoms with van der Waals surface area (Å²) in [6, 6.07) is 26.2. The SMILES string of the molecule is Cc1ccc(C(=O)c2oc(C)cc2C(C)N(Cc2ccccc2)Cc2ccccc2)o1. The first-order valence-electron chi connectivity index (χ1n) is 10.5. The number of rotatable bonds is 8. The minimum Gasteiger partial charge on any atom is -0.458 e. The van der Waals surface area contributed by atoms with Gasteiger partial charge in [-0.15, -0.1) is 0 Å². The molecule has 2 aromatic carbocycles. The summed E-state index contributed by atoms with van der Waals surface area (Å²) in [5, 5.41) is 0. The van der Waals surface area contributed by atoms with Gasteiger partial charge in [0.1, 0.15) is 11.5 Å². The second-order valence-electron chi connectivity index (χ2n) is 7.93. The number of furan rings is 2. The number of carbonyl (C=O) groups excluding carboxylic acids is 1. The van der Waals surface area contributed by atoms with Gasteiger partial charge in [0.15, 0.2) is 11.5 Å². The van der Waals surface area contributed by atoms with Crippen molar-refractivity contribution in [2.75, 3.05) is 0 Å². The highest BCUT2D eigenvalue weighted by molar-refractivity contribution is 6.06. The van der Waals surface area contributed by atoms with Gasteiger partial charge in [-0.2, -0.15) is 0 Å². The molecule has 4 rings (SSSR count). The Hall–Kier alpha value is -3.37. The summed E-state index contributed by atoms with van der Waals surface area (Å²) in [4.78, 5) is 15.5. The van der Waals surface area contributed by atoms with Crippen molar-refractivity contribution in [1.29, 1.82) is 0 Å². The highest BCUT2D eigenvalue weighted by Gasteiger charge is 2.28. The van der Waals surface area contributed by atoms with Crippen LogP contribution in [0.2, 0.25) is 0 Å². The van der Waals surface area contributed by atoms with Gasteiger partial charge >= 0.3 is 0 Å². The smallest absolute Gasteiger partial charge is 0.263 e. The van der Waals surface area contributed by atoms with Crippen molar-refractivity contribution in [3.05, 3.63) is 119 Å². The molecular weight excluding hydrogens is 386 g/mol. The van der Waals surface area contributed by atoms with Crippen molar-refractivity contribution in [1.82, 2.24) is 4.90 Å². The molecule has 0 aliphatic heterocycles. The maximum atomic E-state index is 13.1. The molecule has 0 saturated heterocycles. The molecular formula is C27H27NO3. The predicted octanol–water partition coefficient (Wildman–Crippen LogP) is 6.48. The first kappa shape index (κ1) is 20.9. The summed E-state index contributed by atoms with van der Waals surface area (Å²) in [5.41, 5.74) is 3.32. The average molecular weight is 414 g/mol. The Kier molecular flexibility index (Phi) is 6.19. The monoisotopic (exact) mass is 413 g/mol. The zero-order valence-electron chi connectivity index (χ0n) is 18.2. The van der Waals surface area contributed by atoms with Gasteiger partial charge in [0.2, 0.25) is 0 Å². The molecule has 4 heteroatoms. The maximum absolute atomic E-state index is 13.1. The van der Waals surface area contributed by atoms with Crippen LogP contribution >= 0.6 is 0 Å². The lowest BCUT2D eigenvalue weighted by Gasteiger charge is -2.29. The molecule has 1 unspecified atom stereocenters. The third-order valence-corrected chi connectivity index (χ3v) is 5.51. The molecule has 2 aromatic heterocycles. The van der Waals surface area contributed by atoms with Crippen molar-refractivity contribution in [3.63, 3.8) is 0 Å². The Morgan fingerprint density at radius 1 is 0.806 bits per heavy atom. The Balaban J connectivity index is 1.67. The van der Waals surface area contributed by atoms with Gasteiger partial charge in [-0.05, 0) is 50.1 Å². The minimum absolute atomic E-state index is 0.0344. The first-order chi connectivity index (χ1) is 15.0. The topological polar surface area (TPSA) is 46.6 Å². The molecule has 0 aliphatic carbocycles. The van der Waals surface area contributed by atoms with E-state index in [0.717, 1.165) is 18.7 Å². The van der Waals surface area contributed by atoms with Gasteiger partial charge in [0.05, 0.1) is 0 Å². The number of aryl methyl sites for hydroxylation is 2. The van der Waals surface area contributed by atoms with E-state index in [0.29, 0.717) is 23.0 Å². The molecule has 0 saturated carbocycles. The lowest BCUT2D eigenvalue weighted by Crippen LogP contribution is -2.27. The maximum Gasteiger partial charge on any atom is 0.263 e. The predicted molar refractivity (Wildman–Crippen MR) is 121 cm³/mol. The highest BCUT2D eigenvalue weighted by atomic mass is 16.4. The van der Waals surface area contributed by atoms with Crippen LogP contribution in [0, 0.1) is 13.8 Å². The molecule has 0 aliphatic rings. The summed E-state index contributed by atoms with van der Waals surface area (Å²) in [7, 11) is 0. The first-order valence-corrected chi connectivity index (χ1v) is 10.5. The molecule has 0 N–H and O–H groups in total. The summed E-state index contributed by atoms with van der Waals surface area (Å²) in [6.07, 6.45) is 0. The van der Waals surface area contributed by atoms with Crippen LogP contribution in [0.15, 0.2) is 87.7 Å². The van der Waals surface area contributed by atoms with E-state index in [9.17, 15) is 4.79 Å². The van der Waals surface area contributed by atoms with E-state index >= 15 is 0 Å². The van der Waals surface area contributed by atoms with Gasteiger partial charge in [0.25, 0.3) is 5.78 Å². The Labute approximate surface area is 183 Å². The standard InChI is InChI=1S/C27H27NO3/c1-19-14-15-25(30-19)26(29)27-24(16-20(2)31-27)21(3)28(17-22-10-6-4-7-11-22)18-23-12-8-5-9-13-23/h4-16,21H,17-18H2,1-3H3. The number of benzene rings is 2. The molecule has 0 amide bonds. The summed E-state index contributed by atoms with van der Waals surface area (Å²) in [5.74, 6) is 1.86. The van der Waals surface area contributed by atoms with E-state index < -0.39 is 0 Å². The fourth-order valence-electron chi connectivity index (χ4n) is 3.85. The van der Waals surface area contributed by atoms with E-state index in [-0.39, 0.29) is 11.8 Å². The zero-order valence-corrected chi connectivity index (χ0v) is 18.2. The number of carbonyl (C=O) groups is 1. The number of ketones is 1. The second-order valence-corrected chi connectivity index (χ2v) is 7.93. The van der Waals surface area contributed by atoms with Crippen LogP contribution in [0.25, 0.3) is 0 Å². The van der Waals surface area contributed by atoms with Crippen molar-refractivity contribution in [2.45, 2.75) is 39.9 Å². The zero-order chi connectivity index (χ0) is 21.8. The van der Waals surface area contributed by atoms with E-state index in [2.05, 4.69) is 60.4 Å². The van der Waals surface area contributed by atoms with Gasteiger partial charge in [0, 0.05) is 24.7 Å². The normalized spacial score (nSPS) is 12.3. The van der Waals surface area contributed by atoms with E-state index in [1.54, 1.807) is 12.1 Å². The fourth-order valence-corrected chi connectivity index (χ4v) is 3.85. The molecule has 4 aromatic rings. The Morgan fingerprint density at radius 3 is 1.90 bits per heavy atom. The van der Waals surface area contributed by atoms with Crippen molar-refractivity contribution >= 4 is 5.78 Å². The van der Waals surface area contributed by atoms with E-state index in [4.69, 9.17) is 8.83 Å². The quantitative estimate of drug-likeness (QED) is 0.310. The van der Waals surface area contributed by atoms with Crippen LogP contribution in [-0.2, 0) is 13.1 Å². The third-order valence-electron chi connectivity index (χ3n) is 5.51. The van der Waals surface area contributed by atoms with Crippen molar-refractivity contribution < 1.29 is 13.6 Å². The van der Waals surface area contributed by atoms with E-state index in [1.807, 2.05) is 32.0 Å². The summed E-state index contributed by atoms with van der Waals surface area (Å²) < 4.78 is 11.4. The molecule has 2 heterocycles. The lowest BCUT2D eigenvalue weighted by atomic mass is 10.0. The second kappa shape index (κ2) is 9.19. The number of nitrogens with zero attached hydrogens (tertiary/aromatic N) is 1. The van der Waals surface area contributed by atoms with Gasteiger partial charge < -0.3 is 8.83 Å². The molecule has 158 valence electrons. The summed E-state index contributed by atoms with van der Waals surface area (Å²) >= 11 is 0. The molecule has 0 radical (unpaired) electrons. The largest absolute Gasteiger partial charge is 0.458 e. The molecule has 31 heavy (non-hydrogen) atoms. The van der Waals surface area contributed by atoms with Crippen molar-refractivity contribution in [3.8, 4) is 0 Å². The third kappa shape index (κ3) is 4.86. The van der Waals surface area contributed by atoms with Crippen molar-refractivity contribution in [2.24, 2.45) is 0 Å². The molecule has 4 nitrogen and oxygen atoms in total. The lowest BCUT2D eigenvalue weighted by molar-refractivity contribution is 0.0974. The van der Waals surface area contributed by atoms with Gasteiger partial charge in [-0.25, -0.2) is 0 Å². The van der Waals surface area contributed by atoms with Crippen LogP contribution in [0.5, 0.6) is 0 Å². The van der Waals surface area contributed by atoms with Crippen LogP contribution in [0.4, 0.5) is 0 Å². The summed E-state index contributed by atoms with van der Waals surface area (Å²) in [6.45, 7) is 7.35. The molecule has 0 bridgehead atoms. The fraction of sp³-hybridized carbons (Fsp3) is 0.222. The van der Waals surface area contributed by atoms with Crippen LogP contribution in [0.3, 0.4) is 0 Å². The highest BCUT2D eigenvalue weighted by Crippen LogP contribution is 2.31. The Morgan fingerprint density at radius 2 is 1.39 bits per heavy atom. The number of hydrogen-bond acceptors (Lipinski definition) is 4. The minimum atomic E-state index is -0.220. The van der Waals surface area contributed by atoms with Gasteiger partial charge in [-0.1, -0.05) is 60.7 Å². The molecule has 0 spiro atoms. The van der Waals surface area contributed by atoms with Crippen LogP contribution in [0.1, 0.15) is 57.5 Å².